The van der Waals surface area contributed by atoms with Crippen LogP contribution in [0.4, 0.5) is 5.13 Å². The van der Waals surface area contributed by atoms with E-state index in [9.17, 15) is 14.4 Å². The van der Waals surface area contributed by atoms with Gasteiger partial charge in [-0.1, -0.05) is 37.5 Å². The highest BCUT2D eigenvalue weighted by Gasteiger charge is 2.53. The van der Waals surface area contributed by atoms with Gasteiger partial charge in [-0.3, -0.25) is 14.4 Å². The molecule has 5 rings (SSSR count). The maximum atomic E-state index is 13.7. The van der Waals surface area contributed by atoms with Crippen molar-refractivity contribution in [2.45, 2.75) is 51.4 Å². The number of ketones is 1. The lowest BCUT2D eigenvalue weighted by Crippen LogP contribution is -2.54. The van der Waals surface area contributed by atoms with Gasteiger partial charge in [-0.05, 0) is 37.6 Å². The number of ether oxygens (including phenoxy) is 1. The summed E-state index contributed by atoms with van der Waals surface area (Å²) in [6.45, 7) is 9.76. The van der Waals surface area contributed by atoms with E-state index in [2.05, 4.69) is 39.1 Å². The van der Waals surface area contributed by atoms with Crippen LogP contribution in [0.3, 0.4) is 0 Å². The Kier molecular flexibility index (Phi) is 8.60. The number of likely N-dealkylation sites (tertiary alicyclic amines) is 1. The summed E-state index contributed by atoms with van der Waals surface area (Å²) in [5.41, 5.74) is 11.2. The van der Waals surface area contributed by atoms with Gasteiger partial charge in [0.25, 0.3) is 5.91 Å². The summed E-state index contributed by atoms with van der Waals surface area (Å²) in [4.78, 5) is 54.6. The molecule has 3 saturated heterocycles. The molecular weight excluding hydrogens is 544 g/mol. The van der Waals surface area contributed by atoms with Gasteiger partial charge in [0.2, 0.25) is 5.91 Å². The summed E-state index contributed by atoms with van der Waals surface area (Å²) >= 11 is 1.68. The number of aryl methyl sites for hydroxylation is 1. The number of nitrogens with zero attached hydrogens (tertiary/aromatic N) is 7. The summed E-state index contributed by atoms with van der Waals surface area (Å²) in [5, 5.41) is 7.68. The smallest absolute Gasteiger partial charge is 0.251 e. The number of piperazine rings is 1. The van der Waals surface area contributed by atoms with Gasteiger partial charge in [-0.2, -0.15) is 0 Å². The third-order valence-corrected chi connectivity index (χ3v) is 9.42. The van der Waals surface area contributed by atoms with Crippen LogP contribution >= 0.6 is 11.3 Å². The summed E-state index contributed by atoms with van der Waals surface area (Å²) in [6.07, 6.45) is -0.0188. The van der Waals surface area contributed by atoms with E-state index >= 15 is 0 Å². The van der Waals surface area contributed by atoms with E-state index in [1.165, 1.54) is 4.90 Å². The van der Waals surface area contributed by atoms with Crippen LogP contribution in [0.1, 0.15) is 35.5 Å². The van der Waals surface area contributed by atoms with E-state index < -0.39 is 24.2 Å². The molecule has 4 heterocycles. The Hall–Kier alpha value is -3.51. The second-order valence-electron chi connectivity index (χ2n) is 11.1. The largest absolute Gasteiger partial charge is 0.367 e. The molecule has 1 aromatic carbocycles. The zero-order valence-corrected chi connectivity index (χ0v) is 24.6. The number of hydrogen-bond donors (Lipinski definition) is 1. The molecule has 0 saturated carbocycles. The molecule has 12 nitrogen and oxygen atoms in total. The summed E-state index contributed by atoms with van der Waals surface area (Å²) in [5.74, 6) is -1.16. The molecule has 2 aromatic rings. The third kappa shape index (κ3) is 5.80. The fourth-order valence-corrected chi connectivity index (χ4v) is 6.66. The van der Waals surface area contributed by atoms with E-state index in [-0.39, 0.29) is 36.7 Å². The van der Waals surface area contributed by atoms with Crippen molar-refractivity contribution >= 4 is 34.1 Å². The zero-order valence-electron chi connectivity index (χ0n) is 23.8. The Labute approximate surface area is 243 Å². The molecule has 1 N–H and O–H groups in total. The first kappa shape index (κ1) is 29.0. The molecule has 0 radical (unpaired) electrons. The number of carbonyl (C=O) groups excluding carboxylic acids is 3. The Morgan fingerprint density at radius 3 is 2.61 bits per heavy atom. The highest BCUT2D eigenvalue weighted by molar-refractivity contribution is 7.16. The number of rotatable bonds is 8. The van der Waals surface area contributed by atoms with Crippen molar-refractivity contribution in [3.63, 3.8) is 0 Å². The van der Waals surface area contributed by atoms with Gasteiger partial charge in [0.05, 0.1) is 17.8 Å². The van der Waals surface area contributed by atoms with Gasteiger partial charge < -0.3 is 24.8 Å². The Balaban J connectivity index is 1.30. The van der Waals surface area contributed by atoms with Crippen molar-refractivity contribution < 1.29 is 19.1 Å². The van der Waals surface area contributed by atoms with E-state index in [4.69, 9.17) is 15.3 Å². The lowest BCUT2D eigenvalue weighted by molar-refractivity contribution is -0.139. The number of Topliss-reactive ketones (excluding diaryl/α,β-unsaturated/α-hetero) is 1. The topological polar surface area (TPSA) is 144 Å². The molecule has 5 unspecified atom stereocenters. The summed E-state index contributed by atoms with van der Waals surface area (Å²) < 4.78 is 5.54. The summed E-state index contributed by atoms with van der Waals surface area (Å²) in [6, 6.07) is 4.95. The van der Waals surface area contributed by atoms with Crippen molar-refractivity contribution in [2.24, 2.45) is 11.0 Å². The van der Waals surface area contributed by atoms with E-state index in [1.54, 1.807) is 23.5 Å². The number of anilines is 1. The first-order valence-electron chi connectivity index (χ1n) is 14.0. The van der Waals surface area contributed by atoms with E-state index in [0.29, 0.717) is 12.0 Å². The predicted molar refractivity (Wildman–Crippen MR) is 156 cm³/mol. The molecule has 0 spiro atoms. The van der Waals surface area contributed by atoms with Crippen LogP contribution < -0.4 is 10.2 Å². The lowest BCUT2D eigenvalue weighted by atomic mass is 9.96. The van der Waals surface area contributed by atoms with Crippen molar-refractivity contribution in [3.8, 4) is 11.3 Å². The molecule has 3 aliphatic rings. The molecule has 13 heteroatoms. The van der Waals surface area contributed by atoms with Crippen LogP contribution in [0.5, 0.6) is 0 Å². The number of azide groups is 1. The van der Waals surface area contributed by atoms with Crippen LogP contribution in [-0.4, -0.2) is 103 Å². The van der Waals surface area contributed by atoms with E-state index in [0.717, 1.165) is 47.4 Å². The lowest BCUT2D eigenvalue weighted by Gasteiger charge is -2.32. The highest BCUT2D eigenvalue weighted by Crippen LogP contribution is 2.34. The monoisotopic (exact) mass is 580 g/mol. The number of likely N-dealkylation sites (N-methyl/N-ethyl adjacent to an activating group) is 1. The van der Waals surface area contributed by atoms with Crippen LogP contribution in [0.15, 0.2) is 29.4 Å². The molecule has 0 aliphatic carbocycles. The molecule has 3 fully saturated rings. The second-order valence-corrected chi connectivity index (χ2v) is 12.2. The predicted octanol–water partition coefficient (Wildman–Crippen LogP) is 2.87. The van der Waals surface area contributed by atoms with Crippen molar-refractivity contribution in [3.05, 3.63) is 45.1 Å². The number of fused-ring (bicyclic) bond motifs is 1. The molecule has 3 aliphatic heterocycles. The van der Waals surface area contributed by atoms with Gasteiger partial charge in [-0.15, -0.1) is 11.3 Å². The van der Waals surface area contributed by atoms with Gasteiger partial charge in [0.1, 0.15) is 18.7 Å². The first-order chi connectivity index (χ1) is 19.7. The van der Waals surface area contributed by atoms with Crippen molar-refractivity contribution in [2.75, 3.05) is 51.3 Å². The molecule has 41 heavy (non-hydrogen) atoms. The van der Waals surface area contributed by atoms with Crippen molar-refractivity contribution in [1.29, 1.82) is 0 Å². The standard InChI is InChI=1S/C28H36N8O4S/c1-5-16(2)22(27(39)36-14-20(32-33-29)25-24(36)21(37)15-40-25)30-26(38)19-8-6-18(7-9-19)23-17(3)41-28(31-23)35-12-10-34(4)11-13-35/h6-9,16,20,22,24-25H,5,10-15H2,1-4H3,(H,30,38). The maximum Gasteiger partial charge on any atom is 0.251 e. The molecular formula is C28H36N8O4S. The normalized spacial score (nSPS) is 24.1. The second kappa shape index (κ2) is 12.2. The quantitative estimate of drug-likeness (QED) is 0.287. The minimum atomic E-state index is -0.849. The number of amides is 2. The average Bonchev–Trinajstić information content (AvgIpc) is 3.66. The Morgan fingerprint density at radius 1 is 1.24 bits per heavy atom. The summed E-state index contributed by atoms with van der Waals surface area (Å²) in [7, 11) is 2.13. The average molecular weight is 581 g/mol. The fraction of sp³-hybridized carbons (Fsp3) is 0.571. The first-order valence-corrected chi connectivity index (χ1v) is 14.8. The Morgan fingerprint density at radius 2 is 1.95 bits per heavy atom. The minimum Gasteiger partial charge on any atom is -0.367 e. The Bertz CT molecular complexity index is 1350. The number of hydrogen-bond acceptors (Lipinski definition) is 9. The number of aromatic nitrogens is 1. The van der Waals surface area contributed by atoms with Crippen LogP contribution in [0, 0.1) is 12.8 Å². The molecule has 1 aromatic heterocycles. The molecule has 0 bridgehead atoms. The highest BCUT2D eigenvalue weighted by atomic mass is 32.1. The number of carbonyl (C=O) groups is 3. The SMILES string of the molecule is CCC(C)C(NC(=O)c1ccc(-c2nc(N3CCN(C)CC3)sc2C)cc1)C(=O)N1CC(N=[N+]=[N-])C2OCC(=O)C21. The molecule has 218 valence electrons. The van der Waals surface area contributed by atoms with Gasteiger partial charge >= 0.3 is 0 Å². The molecule has 2 amide bonds. The molecule has 5 atom stereocenters. The van der Waals surface area contributed by atoms with Crippen molar-refractivity contribution in [1.82, 2.24) is 20.1 Å². The minimum absolute atomic E-state index is 0.0740. The van der Waals surface area contributed by atoms with Gasteiger partial charge in [-0.25, -0.2) is 4.98 Å². The van der Waals surface area contributed by atoms with Gasteiger partial charge in [0, 0.05) is 53.6 Å². The fourth-order valence-electron chi connectivity index (χ4n) is 5.67. The zero-order chi connectivity index (χ0) is 29.3. The van der Waals surface area contributed by atoms with E-state index in [1.807, 2.05) is 26.0 Å². The number of thiazole rings is 1. The number of nitrogens with one attached hydrogen (secondary N) is 1. The maximum absolute atomic E-state index is 13.7. The third-order valence-electron chi connectivity index (χ3n) is 8.39. The van der Waals surface area contributed by atoms with Crippen LogP contribution in [0.2, 0.25) is 0 Å². The van der Waals surface area contributed by atoms with Crippen LogP contribution in [-0.2, 0) is 14.3 Å². The van der Waals surface area contributed by atoms with Crippen LogP contribution in [0.25, 0.3) is 21.7 Å². The van der Waals surface area contributed by atoms with Gasteiger partial charge in [0.15, 0.2) is 10.9 Å². The number of benzene rings is 1.